The normalized spacial score (nSPS) is 11.0. The van der Waals surface area contributed by atoms with Crippen molar-refractivity contribution in [3.05, 3.63) is 72.4 Å². The van der Waals surface area contributed by atoms with Crippen molar-refractivity contribution in [3.63, 3.8) is 0 Å². The van der Waals surface area contributed by atoms with Gasteiger partial charge in [-0.1, -0.05) is 29.8 Å². The Balaban J connectivity index is 0.000000177. The second-order valence-electron chi connectivity index (χ2n) is 5.27. The Morgan fingerprint density at radius 1 is 0.958 bits per heavy atom. The Hall–Kier alpha value is -2.28. The van der Waals surface area contributed by atoms with Crippen LogP contribution >= 0.6 is 0 Å². The Kier molecular flexibility index (Phi) is 6.03. The quantitative estimate of drug-likeness (QED) is 0.564. The van der Waals surface area contributed by atoms with E-state index in [-0.39, 0.29) is 11.5 Å². The van der Waals surface area contributed by atoms with E-state index in [1.165, 1.54) is 23.0 Å². The molecule has 0 amide bonds. The first kappa shape index (κ1) is 18.1. The van der Waals surface area contributed by atoms with Gasteiger partial charge in [-0.05, 0) is 31.2 Å². The highest BCUT2D eigenvalue weighted by atomic mass is 32.2. The smallest absolute Gasteiger partial charge is 0.294 e. The van der Waals surface area contributed by atoms with Crippen LogP contribution in [0.1, 0.15) is 5.56 Å². The predicted octanol–water partition coefficient (Wildman–Crippen LogP) is 2.36. The minimum absolute atomic E-state index is 0.0666. The molecule has 1 aromatic heterocycles. The summed E-state index contributed by atoms with van der Waals surface area (Å²) in [6.07, 6.45) is 1.98. The van der Waals surface area contributed by atoms with Gasteiger partial charge in [0.25, 0.3) is 10.1 Å². The number of hydrogen-bond acceptors (Lipinski definition) is 3. The van der Waals surface area contributed by atoms with E-state index >= 15 is 0 Å². The zero-order valence-electron chi connectivity index (χ0n) is 13.3. The standard InChI is InChI=1S/C11H12NO.C7H8O3S/c13-9-8-12-7-3-5-10-4-1-2-6-11(10)12;1-6-2-4-7(5-3-6)11(8,9)10/h1-7,13H,8-9H2;2-5H,1H3,(H,8,9,10)/q+1;. The van der Waals surface area contributed by atoms with Crippen molar-refractivity contribution in [2.75, 3.05) is 6.61 Å². The average Bonchev–Trinajstić information content (AvgIpc) is 2.56. The van der Waals surface area contributed by atoms with Crippen LogP contribution in [0.5, 0.6) is 0 Å². The van der Waals surface area contributed by atoms with Crippen LogP contribution in [0.3, 0.4) is 0 Å². The summed E-state index contributed by atoms with van der Waals surface area (Å²) in [5.41, 5.74) is 2.12. The van der Waals surface area contributed by atoms with Crippen LogP contribution < -0.4 is 4.57 Å². The van der Waals surface area contributed by atoms with Gasteiger partial charge >= 0.3 is 0 Å². The van der Waals surface area contributed by atoms with Crippen LogP contribution in [0.4, 0.5) is 0 Å². The number of aliphatic hydroxyl groups excluding tert-OH is 1. The molecular formula is C18H20NO4S+. The van der Waals surface area contributed by atoms with E-state index in [9.17, 15) is 8.42 Å². The number of fused-ring (bicyclic) bond motifs is 1. The molecule has 0 unspecified atom stereocenters. The summed E-state index contributed by atoms with van der Waals surface area (Å²) in [6, 6.07) is 18.2. The second kappa shape index (κ2) is 8.01. The Labute approximate surface area is 141 Å². The van der Waals surface area contributed by atoms with Crippen molar-refractivity contribution in [3.8, 4) is 0 Å². The zero-order valence-corrected chi connectivity index (χ0v) is 14.1. The third-order valence-corrected chi connectivity index (χ3v) is 4.32. The summed E-state index contributed by atoms with van der Waals surface area (Å²) in [7, 11) is -4.02. The van der Waals surface area contributed by atoms with Crippen molar-refractivity contribution in [2.45, 2.75) is 18.4 Å². The highest BCUT2D eigenvalue weighted by Gasteiger charge is 2.07. The molecule has 0 saturated carbocycles. The molecule has 0 spiro atoms. The molecular weight excluding hydrogens is 326 g/mol. The molecule has 0 aliphatic rings. The van der Waals surface area contributed by atoms with Crippen LogP contribution in [0.15, 0.2) is 71.8 Å². The maximum Gasteiger partial charge on any atom is 0.294 e. The number of aromatic nitrogens is 1. The summed E-state index contributed by atoms with van der Waals surface area (Å²) in [5, 5.41) is 10.1. The van der Waals surface area contributed by atoms with Gasteiger partial charge in [-0.2, -0.15) is 13.0 Å². The Bertz CT molecular complexity index is 900. The van der Waals surface area contributed by atoms with E-state index in [1.807, 2.05) is 31.3 Å². The number of aliphatic hydroxyl groups is 1. The fourth-order valence-corrected chi connectivity index (χ4v) is 2.71. The third-order valence-electron chi connectivity index (χ3n) is 3.45. The lowest BCUT2D eigenvalue weighted by atomic mass is 10.2. The summed E-state index contributed by atoms with van der Waals surface area (Å²) in [6.45, 7) is 2.67. The van der Waals surface area contributed by atoms with Crippen LogP contribution in [-0.2, 0) is 16.7 Å². The third kappa shape index (κ3) is 4.86. The summed E-state index contributed by atoms with van der Waals surface area (Å²) >= 11 is 0. The topological polar surface area (TPSA) is 78.5 Å². The van der Waals surface area contributed by atoms with Gasteiger partial charge in [0.2, 0.25) is 5.52 Å². The molecule has 126 valence electrons. The van der Waals surface area contributed by atoms with E-state index in [0.29, 0.717) is 6.54 Å². The number of para-hydroxylation sites is 1. The van der Waals surface area contributed by atoms with Gasteiger partial charge in [-0.15, -0.1) is 0 Å². The van der Waals surface area contributed by atoms with Gasteiger partial charge < -0.3 is 5.11 Å². The monoisotopic (exact) mass is 346 g/mol. The van der Waals surface area contributed by atoms with E-state index in [2.05, 4.69) is 22.8 Å². The van der Waals surface area contributed by atoms with Gasteiger partial charge in [0.15, 0.2) is 12.7 Å². The van der Waals surface area contributed by atoms with Crippen molar-refractivity contribution in [1.29, 1.82) is 0 Å². The number of nitrogens with zero attached hydrogens (tertiary/aromatic N) is 1. The summed E-state index contributed by atoms with van der Waals surface area (Å²) in [4.78, 5) is -0.0666. The maximum atomic E-state index is 10.5. The number of pyridine rings is 1. The largest absolute Gasteiger partial charge is 0.390 e. The average molecular weight is 346 g/mol. The number of aryl methyl sites for hydroxylation is 1. The Morgan fingerprint density at radius 2 is 1.58 bits per heavy atom. The zero-order chi connectivity index (χ0) is 17.6. The van der Waals surface area contributed by atoms with Gasteiger partial charge in [0, 0.05) is 17.5 Å². The molecule has 0 aliphatic heterocycles. The highest BCUT2D eigenvalue weighted by Crippen LogP contribution is 2.08. The van der Waals surface area contributed by atoms with Crippen LogP contribution in [0.25, 0.3) is 10.9 Å². The summed E-state index contributed by atoms with van der Waals surface area (Å²) in [5.74, 6) is 0. The molecule has 3 rings (SSSR count). The molecule has 0 bridgehead atoms. The van der Waals surface area contributed by atoms with E-state index in [0.717, 1.165) is 5.56 Å². The number of hydrogen-bond donors (Lipinski definition) is 2. The molecule has 0 saturated heterocycles. The van der Waals surface area contributed by atoms with Gasteiger partial charge in [0.05, 0.1) is 4.90 Å². The molecule has 6 heteroatoms. The SMILES string of the molecule is Cc1ccc(S(=O)(=O)O)cc1.OCC[n+]1cccc2ccccc21. The molecule has 24 heavy (non-hydrogen) atoms. The number of benzene rings is 2. The molecule has 2 aromatic carbocycles. The van der Waals surface area contributed by atoms with E-state index < -0.39 is 10.1 Å². The highest BCUT2D eigenvalue weighted by molar-refractivity contribution is 7.85. The molecule has 1 heterocycles. The lowest BCUT2D eigenvalue weighted by Crippen LogP contribution is -2.35. The van der Waals surface area contributed by atoms with Crippen molar-refractivity contribution < 1.29 is 22.6 Å². The maximum absolute atomic E-state index is 10.5. The van der Waals surface area contributed by atoms with Gasteiger partial charge in [0.1, 0.15) is 6.61 Å². The first-order valence-electron chi connectivity index (χ1n) is 7.44. The first-order chi connectivity index (χ1) is 11.4. The van der Waals surface area contributed by atoms with Crippen LogP contribution in [0.2, 0.25) is 0 Å². The molecule has 5 nitrogen and oxygen atoms in total. The minimum atomic E-state index is -4.02. The molecule has 0 atom stereocenters. The minimum Gasteiger partial charge on any atom is -0.390 e. The molecule has 0 radical (unpaired) electrons. The van der Waals surface area contributed by atoms with Crippen LogP contribution in [0, 0.1) is 6.92 Å². The molecule has 2 N–H and O–H groups in total. The van der Waals surface area contributed by atoms with Gasteiger partial charge in [-0.3, -0.25) is 4.55 Å². The van der Waals surface area contributed by atoms with Crippen molar-refractivity contribution in [1.82, 2.24) is 0 Å². The molecule has 0 fully saturated rings. The first-order valence-corrected chi connectivity index (χ1v) is 8.88. The fraction of sp³-hybridized carbons (Fsp3) is 0.167. The lowest BCUT2D eigenvalue weighted by molar-refractivity contribution is -0.672. The van der Waals surface area contributed by atoms with Crippen LogP contribution in [-0.4, -0.2) is 24.7 Å². The Morgan fingerprint density at radius 3 is 2.21 bits per heavy atom. The van der Waals surface area contributed by atoms with E-state index in [1.54, 1.807) is 12.1 Å². The summed E-state index contributed by atoms with van der Waals surface area (Å²) < 4.78 is 31.6. The lowest BCUT2D eigenvalue weighted by Gasteiger charge is -1.98. The number of rotatable bonds is 3. The second-order valence-corrected chi connectivity index (χ2v) is 6.69. The molecule has 3 aromatic rings. The van der Waals surface area contributed by atoms with Crippen molar-refractivity contribution >= 4 is 21.0 Å². The van der Waals surface area contributed by atoms with E-state index in [4.69, 9.17) is 9.66 Å². The fourth-order valence-electron chi connectivity index (χ4n) is 2.23. The van der Waals surface area contributed by atoms with Crippen molar-refractivity contribution in [2.24, 2.45) is 0 Å². The predicted molar refractivity (Wildman–Crippen MR) is 92.2 cm³/mol. The van der Waals surface area contributed by atoms with Gasteiger partial charge in [-0.25, -0.2) is 0 Å². The molecule has 0 aliphatic carbocycles.